The van der Waals surface area contributed by atoms with Crippen molar-refractivity contribution in [1.29, 1.82) is 0 Å². The Balaban J connectivity index is 1.87. The first-order valence-corrected chi connectivity index (χ1v) is 11.9. The lowest BCUT2D eigenvalue weighted by atomic mass is 9.83. The van der Waals surface area contributed by atoms with E-state index in [0.29, 0.717) is 12.1 Å². The standard InChI is InChI=1S/C23H31N3O4S/c1-5-23(6-2)16-20(19-14-10-11-15-21(19)30-23)24-22(27)17-26(31(28,29)25(3)4)18-12-8-7-9-13-18/h7-15,20H,5-6,16-17H2,1-4H3,(H,24,27)/t20-/m1/s1. The summed E-state index contributed by atoms with van der Waals surface area (Å²) in [6, 6.07) is 16.1. The van der Waals surface area contributed by atoms with Crippen molar-refractivity contribution in [3.63, 3.8) is 0 Å². The molecule has 0 fully saturated rings. The fourth-order valence-corrected chi connectivity index (χ4v) is 4.96. The zero-order valence-electron chi connectivity index (χ0n) is 18.5. The number of anilines is 1. The van der Waals surface area contributed by atoms with Crippen LogP contribution in [-0.2, 0) is 15.0 Å². The van der Waals surface area contributed by atoms with Gasteiger partial charge in [0.05, 0.1) is 11.7 Å². The van der Waals surface area contributed by atoms with Crippen molar-refractivity contribution in [3.05, 3.63) is 60.2 Å². The van der Waals surface area contributed by atoms with E-state index in [9.17, 15) is 13.2 Å². The topological polar surface area (TPSA) is 79.0 Å². The van der Waals surface area contributed by atoms with E-state index in [1.165, 1.54) is 14.1 Å². The monoisotopic (exact) mass is 445 g/mol. The van der Waals surface area contributed by atoms with Crippen molar-refractivity contribution in [1.82, 2.24) is 9.62 Å². The highest BCUT2D eigenvalue weighted by atomic mass is 32.2. The number of hydrogen-bond donors (Lipinski definition) is 1. The molecule has 7 nitrogen and oxygen atoms in total. The zero-order valence-corrected chi connectivity index (χ0v) is 19.4. The van der Waals surface area contributed by atoms with Gasteiger partial charge in [-0.1, -0.05) is 50.2 Å². The molecule has 0 radical (unpaired) electrons. The Morgan fingerprint density at radius 3 is 2.29 bits per heavy atom. The zero-order chi connectivity index (χ0) is 22.6. The fraction of sp³-hybridized carbons (Fsp3) is 0.435. The van der Waals surface area contributed by atoms with Gasteiger partial charge in [0.2, 0.25) is 5.91 Å². The number of nitrogens with zero attached hydrogens (tertiary/aromatic N) is 2. The molecule has 0 bridgehead atoms. The third-order valence-electron chi connectivity index (χ3n) is 5.89. The molecular weight excluding hydrogens is 414 g/mol. The molecule has 31 heavy (non-hydrogen) atoms. The molecule has 2 aromatic carbocycles. The van der Waals surface area contributed by atoms with Gasteiger partial charge >= 0.3 is 10.2 Å². The van der Waals surface area contributed by atoms with Crippen LogP contribution < -0.4 is 14.4 Å². The lowest BCUT2D eigenvalue weighted by molar-refractivity contribution is -0.121. The van der Waals surface area contributed by atoms with Crippen LogP contribution >= 0.6 is 0 Å². The number of para-hydroxylation sites is 2. The highest BCUT2D eigenvalue weighted by Gasteiger charge is 2.39. The molecule has 3 rings (SSSR count). The van der Waals surface area contributed by atoms with E-state index >= 15 is 0 Å². The molecule has 8 heteroatoms. The maximum atomic E-state index is 13.1. The summed E-state index contributed by atoms with van der Waals surface area (Å²) < 4.78 is 34.3. The molecule has 0 spiro atoms. The largest absolute Gasteiger partial charge is 0.487 e. The summed E-state index contributed by atoms with van der Waals surface area (Å²) in [5.74, 6) is 0.403. The smallest absolute Gasteiger partial charge is 0.304 e. The van der Waals surface area contributed by atoms with Crippen LogP contribution in [0.5, 0.6) is 5.75 Å². The minimum atomic E-state index is -3.84. The highest BCUT2D eigenvalue weighted by Crippen LogP contribution is 2.42. The number of rotatable bonds is 8. The Kier molecular flexibility index (Phi) is 6.91. The van der Waals surface area contributed by atoms with Crippen molar-refractivity contribution >= 4 is 21.8 Å². The van der Waals surface area contributed by atoms with Crippen molar-refractivity contribution in [3.8, 4) is 5.75 Å². The average molecular weight is 446 g/mol. The van der Waals surface area contributed by atoms with Gasteiger partial charge in [-0.25, -0.2) is 4.31 Å². The molecular formula is C23H31N3O4S. The molecule has 0 aromatic heterocycles. The van der Waals surface area contributed by atoms with Crippen molar-refractivity contribution < 1.29 is 17.9 Å². The summed E-state index contributed by atoms with van der Waals surface area (Å²) in [7, 11) is -0.933. The van der Waals surface area contributed by atoms with E-state index in [2.05, 4.69) is 19.2 Å². The first-order chi connectivity index (χ1) is 14.7. The predicted molar refractivity (Wildman–Crippen MR) is 122 cm³/mol. The third-order valence-corrected chi connectivity index (χ3v) is 7.71. The van der Waals surface area contributed by atoms with Crippen molar-refractivity contribution in [2.75, 3.05) is 24.9 Å². The molecule has 1 N–H and O–H groups in total. The third kappa shape index (κ3) is 4.85. The van der Waals surface area contributed by atoms with Gasteiger partial charge in [-0.15, -0.1) is 0 Å². The Morgan fingerprint density at radius 1 is 1.06 bits per heavy atom. The van der Waals surface area contributed by atoms with E-state index in [0.717, 1.165) is 32.8 Å². The van der Waals surface area contributed by atoms with Gasteiger partial charge in [-0.05, 0) is 31.0 Å². The van der Waals surface area contributed by atoms with Crippen LogP contribution in [0.15, 0.2) is 54.6 Å². The van der Waals surface area contributed by atoms with Gasteiger partial charge in [-0.3, -0.25) is 4.79 Å². The van der Waals surface area contributed by atoms with Gasteiger partial charge in [-0.2, -0.15) is 12.7 Å². The lowest BCUT2D eigenvalue weighted by Crippen LogP contribution is -2.49. The van der Waals surface area contributed by atoms with Crippen LogP contribution in [0.2, 0.25) is 0 Å². The summed E-state index contributed by atoms with van der Waals surface area (Å²) in [6.45, 7) is 3.85. The summed E-state index contributed by atoms with van der Waals surface area (Å²) in [5.41, 5.74) is 0.992. The number of ether oxygens (including phenoxy) is 1. The van der Waals surface area contributed by atoms with Crippen LogP contribution in [0.4, 0.5) is 5.69 Å². The van der Waals surface area contributed by atoms with Gasteiger partial charge in [0.25, 0.3) is 0 Å². The van der Waals surface area contributed by atoms with Crippen LogP contribution in [0, 0.1) is 0 Å². The normalized spacial score (nSPS) is 17.5. The molecule has 2 aromatic rings. The van der Waals surface area contributed by atoms with E-state index in [1.807, 2.05) is 24.3 Å². The van der Waals surface area contributed by atoms with Crippen molar-refractivity contribution in [2.45, 2.75) is 44.8 Å². The maximum Gasteiger partial charge on any atom is 0.304 e. The number of fused-ring (bicyclic) bond motifs is 1. The highest BCUT2D eigenvalue weighted by molar-refractivity contribution is 7.90. The second-order valence-electron chi connectivity index (χ2n) is 7.99. The summed E-state index contributed by atoms with van der Waals surface area (Å²) in [6.07, 6.45) is 2.26. The summed E-state index contributed by atoms with van der Waals surface area (Å²) >= 11 is 0. The molecule has 0 saturated heterocycles. The minimum absolute atomic E-state index is 0.253. The predicted octanol–water partition coefficient (Wildman–Crippen LogP) is 3.50. The van der Waals surface area contributed by atoms with Gasteiger partial charge < -0.3 is 10.1 Å². The van der Waals surface area contributed by atoms with E-state index < -0.39 is 10.2 Å². The molecule has 1 atom stereocenters. The number of benzene rings is 2. The Bertz CT molecular complexity index is 1000. The van der Waals surface area contributed by atoms with Crippen LogP contribution in [0.1, 0.15) is 44.7 Å². The van der Waals surface area contributed by atoms with E-state index in [-0.39, 0.29) is 24.1 Å². The SMILES string of the molecule is CCC1(CC)C[C@@H](NC(=O)CN(c2ccccc2)S(=O)(=O)N(C)C)c2ccccc2O1. The first-order valence-electron chi connectivity index (χ1n) is 10.5. The molecule has 1 amide bonds. The van der Waals surface area contributed by atoms with Gasteiger partial charge in [0.15, 0.2) is 0 Å². The molecule has 1 aliphatic heterocycles. The van der Waals surface area contributed by atoms with Crippen molar-refractivity contribution in [2.24, 2.45) is 0 Å². The number of carbonyl (C=O) groups is 1. The molecule has 1 heterocycles. The quantitative estimate of drug-likeness (QED) is 0.675. The fourth-order valence-electron chi connectivity index (χ4n) is 3.90. The Labute approximate surface area is 185 Å². The summed E-state index contributed by atoms with van der Waals surface area (Å²) in [4.78, 5) is 13.1. The molecule has 0 aliphatic carbocycles. The summed E-state index contributed by atoms with van der Waals surface area (Å²) in [5, 5.41) is 3.07. The Morgan fingerprint density at radius 2 is 1.68 bits per heavy atom. The molecule has 168 valence electrons. The number of carbonyl (C=O) groups excluding carboxylic acids is 1. The minimum Gasteiger partial charge on any atom is -0.487 e. The number of amides is 1. The van der Waals surface area contributed by atoms with Gasteiger partial charge in [0.1, 0.15) is 17.9 Å². The van der Waals surface area contributed by atoms with Crippen LogP contribution in [-0.4, -0.2) is 44.9 Å². The second kappa shape index (κ2) is 9.28. The molecule has 0 unspecified atom stereocenters. The second-order valence-corrected chi connectivity index (χ2v) is 10.1. The van der Waals surface area contributed by atoms with Crippen LogP contribution in [0.3, 0.4) is 0 Å². The molecule has 1 aliphatic rings. The maximum absolute atomic E-state index is 13.1. The number of nitrogens with one attached hydrogen (secondary N) is 1. The Hall–Kier alpha value is -2.58. The number of hydrogen-bond acceptors (Lipinski definition) is 4. The van der Waals surface area contributed by atoms with Crippen LogP contribution in [0.25, 0.3) is 0 Å². The van der Waals surface area contributed by atoms with Gasteiger partial charge in [0, 0.05) is 26.1 Å². The van der Waals surface area contributed by atoms with E-state index in [4.69, 9.17) is 4.74 Å². The first kappa shape index (κ1) is 23.1. The average Bonchev–Trinajstić information content (AvgIpc) is 2.77. The lowest BCUT2D eigenvalue weighted by Gasteiger charge is -2.41. The van der Waals surface area contributed by atoms with E-state index in [1.54, 1.807) is 30.3 Å². The molecule has 0 saturated carbocycles.